The summed E-state index contributed by atoms with van der Waals surface area (Å²) in [5.41, 5.74) is 4.00. The van der Waals surface area contributed by atoms with Crippen molar-refractivity contribution in [2.75, 3.05) is 32.8 Å². The first-order valence-electron chi connectivity index (χ1n) is 7.79. The van der Waals surface area contributed by atoms with E-state index in [1.807, 2.05) is 0 Å². The number of aryl methyl sites for hydroxylation is 2. The van der Waals surface area contributed by atoms with Gasteiger partial charge in [0, 0.05) is 13.1 Å². The van der Waals surface area contributed by atoms with Gasteiger partial charge in [0.1, 0.15) is 0 Å². The van der Waals surface area contributed by atoms with Crippen molar-refractivity contribution in [3.63, 3.8) is 0 Å². The third-order valence-corrected chi connectivity index (χ3v) is 4.02. The highest BCUT2D eigenvalue weighted by molar-refractivity contribution is 5.31. The van der Waals surface area contributed by atoms with Gasteiger partial charge in [-0.3, -0.25) is 4.90 Å². The molecule has 1 aromatic carbocycles. The second kappa shape index (κ2) is 7.21. The first kappa shape index (κ1) is 15.5. The summed E-state index contributed by atoms with van der Waals surface area (Å²) < 4.78 is 6.05. The number of nitrogens with one attached hydrogen (secondary N) is 1. The molecule has 0 radical (unpaired) electrons. The Kier molecular flexibility index (Phi) is 5.58. The molecule has 0 saturated carbocycles. The Balaban J connectivity index is 2.21. The summed E-state index contributed by atoms with van der Waals surface area (Å²) in [5, 5.41) is 3.62. The third-order valence-electron chi connectivity index (χ3n) is 4.02. The molecule has 1 saturated heterocycles. The van der Waals surface area contributed by atoms with Gasteiger partial charge in [-0.05, 0) is 32.5 Å². The minimum atomic E-state index is 0.241. The molecule has 2 unspecified atom stereocenters. The molecule has 112 valence electrons. The average molecular weight is 276 g/mol. The van der Waals surface area contributed by atoms with Crippen LogP contribution < -0.4 is 5.32 Å². The fraction of sp³-hybridized carbons (Fsp3) is 0.647. The lowest BCUT2D eigenvalue weighted by Gasteiger charge is -2.37. The summed E-state index contributed by atoms with van der Waals surface area (Å²) in [5.74, 6) is 0. The summed E-state index contributed by atoms with van der Waals surface area (Å²) in [4.78, 5) is 2.47. The number of rotatable bonds is 5. The molecule has 1 aromatic rings. The number of ether oxygens (including phenoxy) is 1. The first-order valence-corrected chi connectivity index (χ1v) is 7.79. The van der Waals surface area contributed by atoms with Gasteiger partial charge >= 0.3 is 0 Å². The molecule has 0 amide bonds. The lowest BCUT2D eigenvalue weighted by atomic mass is 9.96. The average Bonchev–Trinajstić information content (AvgIpc) is 2.43. The molecule has 1 fully saturated rings. The molecule has 3 heteroatoms. The normalized spacial score (nSPS) is 21.9. The molecule has 3 nitrogen and oxygen atoms in total. The Morgan fingerprint density at radius 1 is 1.25 bits per heavy atom. The molecular formula is C17H28N2O. The molecule has 1 heterocycles. The first-order chi connectivity index (χ1) is 9.63. The van der Waals surface area contributed by atoms with Crippen LogP contribution in [0.4, 0.5) is 0 Å². The van der Waals surface area contributed by atoms with Crippen molar-refractivity contribution in [2.45, 2.75) is 39.8 Å². The van der Waals surface area contributed by atoms with Crippen molar-refractivity contribution in [3.8, 4) is 0 Å². The van der Waals surface area contributed by atoms with E-state index in [0.717, 1.165) is 32.8 Å². The second-order valence-electron chi connectivity index (χ2n) is 5.76. The zero-order chi connectivity index (χ0) is 14.5. The van der Waals surface area contributed by atoms with E-state index in [1.54, 1.807) is 0 Å². The van der Waals surface area contributed by atoms with Gasteiger partial charge in [0.05, 0.1) is 18.8 Å². The van der Waals surface area contributed by atoms with E-state index in [9.17, 15) is 0 Å². The van der Waals surface area contributed by atoms with Crippen molar-refractivity contribution in [3.05, 3.63) is 34.9 Å². The van der Waals surface area contributed by atoms with Crippen LogP contribution in [-0.4, -0.2) is 43.8 Å². The van der Waals surface area contributed by atoms with Gasteiger partial charge in [0.2, 0.25) is 0 Å². The van der Waals surface area contributed by atoms with Crippen LogP contribution in [0.15, 0.2) is 18.2 Å². The summed E-state index contributed by atoms with van der Waals surface area (Å²) in [6.45, 7) is 13.7. The second-order valence-corrected chi connectivity index (χ2v) is 5.76. The maximum Gasteiger partial charge on any atom is 0.0896 e. The third kappa shape index (κ3) is 3.81. The van der Waals surface area contributed by atoms with Crippen molar-refractivity contribution in [1.29, 1.82) is 0 Å². The Labute approximate surface area is 123 Å². The zero-order valence-electron chi connectivity index (χ0n) is 13.3. The van der Waals surface area contributed by atoms with Crippen LogP contribution in [0.3, 0.4) is 0 Å². The van der Waals surface area contributed by atoms with E-state index in [0.29, 0.717) is 0 Å². The molecule has 20 heavy (non-hydrogen) atoms. The minimum Gasteiger partial charge on any atom is -0.374 e. The fourth-order valence-electron chi connectivity index (χ4n) is 3.09. The summed E-state index contributed by atoms with van der Waals surface area (Å²) >= 11 is 0. The fourth-order valence-corrected chi connectivity index (χ4v) is 3.09. The number of nitrogens with zero attached hydrogens (tertiary/aromatic N) is 1. The summed E-state index contributed by atoms with van der Waals surface area (Å²) in [6, 6.07) is 7.09. The van der Waals surface area contributed by atoms with Gasteiger partial charge in [0.15, 0.2) is 0 Å². The van der Waals surface area contributed by atoms with Crippen LogP contribution in [0.25, 0.3) is 0 Å². The van der Waals surface area contributed by atoms with E-state index in [1.165, 1.54) is 16.7 Å². The molecular weight excluding hydrogens is 248 g/mol. The molecule has 0 aliphatic carbocycles. The monoisotopic (exact) mass is 276 g/mol. The standard InChI is InChI=1S/C17H28N2O/c1-5-18-17(15-10-13(3)9-14(4)11-15)16-12-19(6-2)7-8-20-16/h9-11,16-18H,5-8,12H2,1-4H3. The maximum atomic E-state index is 6.05. The molecule has 2 rings (SSSR count). The van der Waals surface area contributed by atoms with Crippen LogP contribution in [0.5, 0.6) is 0 Å². The van der Waals surface area contributed by atoms with E-state index in [2.05, 4.69) is 56.1 Å². The number of hydrogen-bond acceptors (Lipinski definition) is 3. The van der Waals surface area contributed by atoms with Crippen LogP contribution >= 0.6 is 0 Å². The molecule has 0 aromatic heterocycles. The number of likely N-dealkylation sites (N-methyl/N-ethyl adjacent to an activating group) is 2. The molecule has 2 atom stereocenters. The Morgan fingerprint density at radius 3 is 2.55 bits per heavy atom. The highest BCUT2D eigenvalue weighted by Gasteiger charge is 2.28. The van der Waals surface area contributed by atoms with Crippen LogP contribution in [0.2, 0.25) is 0 Å². The predicted molar refractivity (Wildman–Crippen MR) is 84.2 cm³/mol. The lowest BCUT2D eigenvalue weighted by molar-refractivity contribution is -0.0453. The van der Waals surface area contributed by atoms with Gasteiger partial charge < -0.3 is 10.1 Å². The van der Waals surface area contributed by atoms with E-state index in [-0.39, 0.29) is 12.1 Å². The Morgan fingerprint density at radius 2 is 1.95 bits per heavy atom. The highest BCUT2D eigenvalue weighted by atomic mass is 16.5. The van der Waals surface area contributed by atoms with E-state index < -0.39 is 0 Å². The molecule has 1 aliphatic rings. The van der Waals surface area contributed by atoms with E-state index >= 15 is 0 Å². The molecule has 0 bridgehead atoms. The quantitative estimate of drug-likeness (QED) is 0.895. The van der Waals surface area contributed by atoms with Crippen molar-refractivity contribution >= 4 is 0 Å². The molecule has 0 spiro atoms. The summed E-state index contributed by atoms with van der Waals surface area (Å²) in [7, 11) is 0. The highest BCUT2D eigenvalue weighted by Crippen LogP contribution is 2.24. The van der Waals surface area contributed by atoms with Crippen molar-refractivity contribution < 1.29 is 4.74 Å². The molecule has 1 aliphatic heterocycles. The summed E-state index contributed by atoms with van der Waals surface area (Å²) in [6.07, 6.45) is 0.241. The van der Waals surface area contributed by atoms with E-state index in [4.69, 9.17) is 4.74 Å². The van der Waals surface area contributed by atoms with Gasteiger partial charge in [-0.25, -0.2) is 0 Å². The number of benzene rings is 1. The largest absolute Gasteiger partial charge is 0.374 e. The minimum absolute atomic E-state index is 0.241. The van der Waals surface area contributed by atoms with Crippen molar-refractivity contribution in [2.24, 2.45) is 0 Å². The SMILES string of the molecule is CCNC(c1cc(C)cc(C)c1)C1CN(CC)CCO1. The Hall–Kier alpha value is -0.900. The number of morpholine rings is 1. The van der Waals surface area contributed by atoms with Crippen LogP contribution in [-0.2, 0) is 4.74 Å². The van der Waals surface area contributed by atoms with Crippen molar-refractivity contribution in [1.82, 2.24) is 10.2 Å². The topological polar surface area (TPSA) is 24.5 Å². The zero-order valence-corrected chi connectivity index (χ0v) is 13.3. The van der Waals surface area contributed by atoms with Gasteiger partial charge in [-0.15, -0.1) is 0 Å². The maximum absolute atomic E-state index is 6.05. The molecule has 1 N–H and O–H groups in total. The lowest BCUT2D eigenvalue weighted by Crippen LogP contribution is -2.48. The van der Waals surface area contributed by atoms with Gasteiger partial charge in [-0.2, -0.15) is 0 Å². The predicted octanol–water partition coefficient (Wildman–Crippen LogP) is 2.67. The number of hydrogen-bond donors (Lipinski definition) is 1. The van der Waals surface area contributed by atoms with Gasteiger partial charge in [0.25, 0.3) is 0 Å². The Bertz CT molecular complexity index is 413. The smallest absolute Gasteiger partial charge is 0.0896 e. The van der Waals surface area contributed by atoms with Gasteiger partial charge in [-0.1, -0.05) is 43.2 Å². The van der Waals surface area contributed by atoms with Crippen LogP contribution in [0.1, 0.15) is 36.6 Å². The van der Waals surface area contributed by atoms with Crippen LogP contribution in [0, 0.1) is 13.8 Å².